The molecule has 0 bridgehead atoms. The van der Waals surface area contributed by atoms with Gasteiger partial charge in [-0.15, -0.1) is 0 Å². The SMILES string of the molecule is CCCCOC(=O)c1ccc(C(=O)OCc2ccc(Br)cc2)cc1. The molecule has 0 fully saturated rings. The van der Waals surface area contributed by atoms with E-state index in [0.29, 0.717) is 17.7 Å². The number of benzene rings is 2. The Morgan fingerprint density at radius 3 is 1.96 bits per heavy atom. The molecule has 0 aliphatic heterocycles. The Bertz CT molecular complexity index is 678. The highest BCUT2D eigenvalue weighted by Crippen LogP contribution is 2.13. The van der Waals surface area contributed by atoms with Crippen LogP contribution in [0, 0.1) is 0 Å². The lowest BCUT2D eigenvalue weighted by Crippen LogP contribution is -2.08. The van der Waals surface area contributed by atoms with Gasteiger partial charge in [-0.25, -0.2) is 9.59 Å². The molecule has 4 nitrogen and oxygen atoms in total. The van der Waals surface area contributed by atoms with Crippen molar-refractivity contribution in [1.29, 1.82) is 0 Å². The van der Waals surface area contributed by atoms with Crippen LogP contribution < -0.4 is 0 Å². The van der Waals surface area contributed by atoms with Gasteiger partial charge in [0, 0.05) is 4.47 Å². The van der Waals surface area contributed by atoms with Crippen molar-refractivity contribution >= 4 is 27.9 Å². The van der Waals surface area contributed by atoms with Crippen molar-refractivity contribution in [2.24, 2.45) is 0 Å². The average Bonchev–Trinajstić information content (AvgIpc) is 2.61. The van der Waals surface area contributed by atoms with Gasteiger partial charge in [-0.3, -0.25) is 0 Å². The van der Waals surface area contributed by atoms with Gasteiger partial charge in [0.25, 0.3) is 0 Å². The van der Waals surface area contributed by atoms with Gasteiger partial charge in [0.05, 0.1) is 17.7 Å². The minimum Gasteiger partial charge on any atom is -0.462 e. The smallest absolute Gasteiger partial charge is 0.338 e. The summed E-state index contributed by atoms with van der Waals surface area (Å²) in [7, 11) is 0. The molecule has 0 aliphatic rings. The third-order valence-corrected chi connectivity index (χ3v) is 3.90. The molecule has 0 radical (unpaired) electrons. The summed E-state index contributed by atoms with van der Waals surface area (Å²) in [6, 6.07) is 13.8. The summed E-state index contributed by atoms with van der Waals surface area (Å²) in [5, 5.41) is 0. The van der Waals surface area contributed by atoms with E-state index >= 15 is 0 Å². The number of hydrogen-bond acceptors (Lipinski definition) is 4. The van der Waals surface area contributed by atoms with Crippen molar-refractivity contribution in [2.45, 2.75) is 26.4 Å². The van der Waals surface area contributed by atoms with Gasteiger partial charge < -0.3 is 9.47 Å². The number of ether oxygens (including phenoxy) is 2. The summed E-state index contributed by atoms with van der Waals surface area (Å²) in [4.78, 5) is 23.8. The molecule has 0 aliphatic carbocycles. The molecule has 0 saturated heterocycles. The van der Waals surface area contributed by atoms with Crippen LogP contribution in [0.25, 0.3) is 0 Å². The maximum Gasteiger partial charge on any atom is 0.338 e. The van der Waals surface area contributed by atoms with Gasteiger partial charge in [-0.05, 0) is 48.4 Å². The van der Waals surface area contributed by atoms with E-state index in [4.69, 9.17) is 9.47 Å². The van der Waals surface area contributed by atoms with Crippen LogP contribution in [0.2, 0.25) is 0 Å². The minimum atomic E-state index is -0.427. The second-order valence-corrected chi connectivity index (χ2v) is 6.19. The van der Waals surface area contributed by atoms with Crippen LogP contribution >= 0.6 is 15.9 Å². The Balaban J connectivity index is 1.88. The molecule has 0 unspecified atom stereocenters. The highest BCUT2D eigenvalue weighted by atomic mass is 79.9. The van der Waals surface area contributed by atoms with Gasteiger partial charge in [-0.1, -0.05) is 41.4 Å². The number of carbonyl (C=O) groups is 2. The lowest BCUT2D eigenvalue weighted by Gasteiger charge is -2.07. The molecule has 5 heteroatoms. The van der Waals surface area contributed by atoms with E-state index in [1.54, 1.807) is 24.3 Å². The Labute approximate surface area is 149 Å². The largest absolute Gasteiger partial charge is 0.462 e. The van der Waals surface area contributed by atoms with Crippen molar-refractivity contribution < 1.29 is 19.1 Å². The lowest BCUT2D eigenvalue weighted by molar-refractivity contribution is 0.0466. The second kappa shape index (κ2) is 9.23. The standard InChI is InChI=1S/C19H19BrO4/c1-2-3-12-23-18(21)15-6-8-16(9-7-15)19(22)24-13-14-4-10-17(20)11-5-14/h4-11H,2-3,12-13H2,1H3. The first-order valence-electron chi connectivity index (χ1n) is 7.79. The Kier molecular flexibility index (Phi) is 7.00. The van der Waals surface area contributed by atoms with Crippen LogP contribution in [-0.4, -0.2) is 18.5 Å². The average molecular weight is 391 g/mol. The molecule has 2 aromatic rings. The van der Waals surface area contributed by atoms with Gasteiger partial charge >= 0.3 is 11.9 Å². The first kappa shape index (κ1) is 18.2. The Morgan fingerprint density at radius 2 is 1.42 bits per heavy atom. The molecule has 0 amide bonds. The zero-order valence-corrected chi connectivity index (χ0v) is 15.0. The number of halogens is 1. The molecule has 2 aromatic carbocycles. The Morgan fingerprint density at radius 1 is 0.875 bits per heavy atom. The zero-order valence-electron chi connectivity index (χ0n) is 13.5. The highest BCUT2D eigenvalue weighted by molar-refractivity contribution is 9.10. The van der Waals surface area contributed by atoms with E-state index in [1.807, 2.05) is 31.2 Å². The summed E-state index contributed by atoms with van der Waals surface area (Å²) in [5.74, 6) is -0.804. The molecule has 126 valence electrons. The van der Waals surface area contributed by atoms with Crippen LogP contribution in [-0.2, 0) is 16.1 Å². The molecule has 0 aromatic heterocycles. The van der Waals surface area contributed by atoms with E-state index in [0.717, 1.165) is 22.9 Å². The predicted molar refractivity (Wildman–Crippen MR) is 94.9 cm³/mol. The van der Waals surface area contributed by atoms with Crippen molar-refractivity contribution in [3.05, 3.63) is 69.7 Å². The monoisotopic (exact) mass is 390 g/mol. The van der Waals surface area contributed by atoms with Gasteiger partial charge in [-0.2, -0.15) is 0 Å². The van der Waals surface area contributed by atoms with Gasteiger partial charge in [0.15, 0.2) is 0 Å². The van der Waals surface area contributed by atoms with Crippen molar-refractivity contribution in [1.82, 2.24) is 0 Å². The predicted octanol–water partition coefficient (Wildman–Crippen LogP) is 4.76. The van der Waals surface area contributed by atoms with Crippen LogP contribution in [0.15, 0.2) is 53.0 Å². The second-order valence-electron chi connectivity index (χ2n) is 5.27. The summed E-state index contributed by atoms with van der Waals surface area (Å²) >= 11 is 3.35. The molecular formula is C19H19BrO4. The maximum absolute atomic E-state index is 12.0. The first-order valence-corrected chi connectivity index (χ1v) is 8.58. The highest BCUT2D eigenvalue weighted by Gasteiger charge is 2.11. The van der Waals surface area contributed by atoms with E-state index < -0.39 is 5.97 Å². The molecule has 0 spiro atoms. The normalized spacial score (nSPS) is 10.2. The van der Waals surface area contributed by atoms with Crippen molar-refractivity contribution in [3.63, 3.8) is 0 Å². The van der Waals surface area contributed by atoms with E-state index in [1.165, 1.54) is 0 Å². The fourth-order valence-corrected chi connectivity index (χ4v) is 2.21. The minimum absolute atomic E-state index is 0.201. The topological polar surface area (TPSA) is 52.6 Å². The third kappa shape index (κ3) is 5.49. The molecule has 0 atom stereocenters. The lowest BCUT2D eigenvalue weighted by atomic mass is 10.1. The summed E-state index contributed by atoms with van der Waals surface area (Å²) in [5.41, 5.74) is 1.73. The number of hydrogen-bond donors (Lipinski definition) is 0. The summed E-state index contributed by atoms with van der Waals surface area (Å²) in [6.07, 6.45) is 1.81. The number of esters is 2. The maximum atomic E-state index is 12.0. The molecule has 0 N–H and O–H groups in total. The third-order valence-electron chi connectivity index (χ3n) is 3.37. The molecule has 24 heavy (non-hydrogen) atoms. The van der Waals surface area contributed by atoms with Gasteiger partial charge in [0.1, 0.15) is 6.61 Å². The molecule has 2 rings (SSSR count). The number of rotatable bonds is 7. The number of unbranched alkanes of at least 4 members (excludes halogenated alkanes) is 1. The van der Waals surface area contributed by atoms with Gasteiger partial charge in [0.2, 0.25) is 0 Å². The number of carbonyl (C=O) groups excluding carboxylic acids is 2. The summed E-state index contributed by atoms with van der Waals surface area (Å²) in [6.45, 7) is 2.64. The fraction of sp³-hybridized carbons (Fsp3) is 0.263. The van der Waals surface area contributed by atoms with Crippen LogP contribution in [0.1, 0.15) is 46.0 Å². The molecule has 0 saturated carbocycles. The molecular weight excluding hydrogens is 372 g/mol. The van der Waals surface area contributed by atoms with Crippen LogP contribution in [0.3, 0.4) is 0 Å². The van der Waals surface area contributed by atoms with Crippen LogP contribution in [0.4, 0.5) is 0 Å². The zero-order chi connectivity index (χ0) is 17.4. The van der Waals surface area contributed by atoms with E-state index in [9.17, 15) is 9.59 Å². The van der Waals surface area contributed by atoms with Crippen LogP contribution in [0.5, 0.6) is 0 Å². The first-order chi connectivity index (χ1) is 11.6. The van der Waals surface area contributed by atoms with E-state index in [2.05, 4.69) is 15.9 Å². The molecule has 0 heterocycles. The van der Waals surface area contributed by atoms with E-state index in [-0.39, 0.29) is 12.6 Å². The Hall–Kier alpha value is -2.14. The van der Waals surface area contributed by atoms with Crippen molar-refractivity contribution in [2.75, 3.05) is 6.61 Å². The quantitative estimate of drug-likeness (QED) is 0.504. The summed E-state index contributed by atoms with van der Waals surface area (Å²) < 4.78 is 11.4. The fourth-order valence-electron chi connectivity index (χ4n) is 1.95. The van der Waals surface area contributed by atoms with Crippen molar-refractivity contribution in [3.8, 4) is 0 Å².